The van der Waals surface area contributed by atoms with Crippen molar-refractivity contribution in [1.29, 1.82) is 0 Å². The van der Waals surface area contributed by atoms with Crippen molar-refractivity contribution in [3.05, 3.63) is 0 Å². The van der Waals surface area contributed by atoms with Crippen LogP contribution in [0.1, 0.15) is 130 Å². The van der Waals surface area contributed by atoms with E-state index in [1.54, 1.807) is 6.92 Å². The van der Waals surface area contributed by atoms with Crippen molar-refractivity contribution in [2.75, 3.05) is 26.2 Å². The Kier molecular flexibility index (Phi) is 17.7. The fourth-order valence-electron chi connectivity index (χ4n) is 8.15. The molecule has 0 radical (unpaired) electrons. The molecule has 0 aliphatic heterocycles. The van der Waals surface area contributed by atoms with Crippen LogP contribution in [-0.2, 0) is 19.6 Å². The van der Waals surface area contributed by atoms with Crippen molar-refractivity contribution in [3.63, 3.8) is 0 Å². The second-order valence-electron chi connectivity index (χ2n) is 14.9. The summed E-state index contributed by atoms with van der Waals surface area (Å²) in [6.07, 6.45) is 5.06. The van der Waals surface area contributed by atoms with Gasteiger partial charge in [0.2, 0.25) is 21.8 Å². The first kappa shape index (κ1) is 41.6. The Balaban J connectivity index is 1.82. The maximum absolute atomic E-state index is 14.5. The highest BCUT2D eigenvalue weighted by molar-refractivity contribution is 7.90. The standard InChI is InChI=1S/C37H64F2N4O5S/c1-5-9-18-43(41-49(47,48)33-14-11-10-12-15-33)26-35(44)34(23-28-21-31(38)25-32(39)22-28)40-36(45)29-19-27(13-6-2)20-30(24-29)37(46)42(16-7-3)17-8-4/h27-35,41,44H,5,7-12,14-26H2,1-4H3,(H,40,45). The highest BCUT2D eigenvalue weighted by Crippen LogP contribution is 2.36. The van der Waals surface area contributed by atoms with Gasteiger partial charge in [0.1, 0.15) is 12.3 Å². The summed E-state index contributed by atoms with van der Waals surface area (Å²) in [5.74, 6) is 4.49. The summed E-state index contributed by atoms with van der Waals surface area (Å²) in [4.78, 5) is 32.3. The molecule has 7 unspecified atom stereocenters. The van der Waals surface area contributed by atoms with Crippen molar-refractivity contribution in [2.45, 2.75) is 160 Å². The van der Waals surface area contributed by atoms with Gasteiger partial charge < -0.3 is 15.3 Å². The molecule has 7 atom stereocenters. The SMILES string of the molecule is CC#CC1CC(C(=O)NC(CC2CC(F)CC(F)C2)C(O)CN(CCCC)NS(=O)(=O)C2CCCCC2)CC(C(=O)N(CCC)CCC)C1. The number of carbonyl (C=O) groups is 2. The zero-order valence-electron chi connectivity index (χ0n) is 30.5. The van der Waals surface area contributed by atoms with Crippen LogP contribution in [0.4, 0.5) is 8.78 Å². The molecule has 2 amide bonds. The number of halogens is 2. The van der Waals surface area contributed by atoms with E-state index in [4.69, 9.17) is 0 Å². The lowest BCUT2D eigenvalue weighted by Crippen LogP contribution is -2.55. The average Bonchev–Trinajstić information content (AvgIpc) is 3.06. The zero-order valence-corrected chi connectivity index (χ0v) is 31.3. The molecule has 3 aliphatic rings. The highest BCUT2D eigenvalue weighted by atomic mass is 32.2. The summed E-state index contributed by atoms with van der Waals surface area (Å²) >= 11 is 0. The zero-order chi connectivity index (χ0) is 36.0. The third-order valence-corrected chi connectivity index (χ3v) is 12.4. The van der Waals surface area contributed by atoms with Gasteiger partial charge in [-0.25, -0.2) is 22.2 Å². The molecule has 49 heavy (non-hydrogen) atoms. The first-order valence-electron chi connectivity index (χ1n) is 19.1. The van der Waals surface area contributed by atoms with Crippen LogP contribution in [0.5, 0.6) is 0 Å². The minimum atomic E-state index is -3.68. The van der Waals surface area contributed by atoms with Crippen molar-refractivity contribution in [1.82, 2.24) is 20.1 Å². The number of alkyl halides is 2. The van der Waals surface area contributed by atoms with Crippen LogP contribution in [0, 0.1) is 35.5 Å². The fourth-order valence-corrected chi connectivity index (χ4v) is 9.78. The molecule has 0 bridgehead atoms. The van der Waals surface area contributed by atoms with Crippen molar-refractivity contribution < 1.29 is 31.9 Å². The Hall–Kier alpha value is -1.81. The minimum Gasteiger partial charge on any atom is -0.390 e. The van der Waals surface area contributed by atoms with Crippen LogP contribution in [0.3, 0.4) is 0 Å². The molecule has 0 aromatic heterocycles. The number of rotatable bonds is 18. The lowest BCUT2D eigenvalue weighted by atomic mass is 9.74. The fraction of sp³-hybridized carbons (Fsp3) is 0.892. The second-order valence-corrected chi connectivity index (χ2v) is 16.8. The van der Waals surface area contributed by atoms with Gasteiger partial charge in [0.25, 0.3) is 0 Å². The lowest BCUT2D eigenvalue weighted by Gasteiger charge is -2.37. The Morgan fingerprint density at radius 2 is 1.51 bits per heavy atom. The van der Waals surface area contributed by atoms with Gasteiger partial charge in [0.15, 0.2) is 0 Å². The first-order valence-corrected chi connectivity index (χ1v) is 20.7. The van der Waals surface area contributed by atoms with Crippen molar-refractivity contribution >= 4 is 21.8 Å². The van der Waals surface area contributed by atoms with Gasteiger partial charge >= 0.3 is 0 Å². The Morgan fingerprint density at radius 1 is 0.878 bits per heavy atom. The predicted molar refractivity (Wildman–Crippen MR) is 190 cm³/mol. The van der Waals surface area contributed by atoms with Crippen LogP contribution in [0.15, 0.2) is 0 Å². The quantitative estimate of drug-likeness (QED) is 0.124. The maximum atomic E-state index is 14.5. The van der Waals surface area contributed by atoms with E-state index in [-0.39, 0.29) is 55.9 Å². The monoisotopic (exact) mass is 714 g/mol. The van der Waals surface area contributed by atoms with Crippen molar-refractivity contribution in [3.8, 4) is 11.8 Å². The number of unbranched alkanes of at least 4 members (excludes halogenated alkanes) is 1. The number of aliphatic hydroxyl groups excluding tert-OH is 1. The number of sulfonamides is 1. The molecular weight excluding hydrogens is 650 g/mol. The molecule has 3 aliphatic carbocycles. The maximum Gasteiger partial charge on any atom is 0.227 e. The molecular formula is C37H64F2N4O5S. The molecule has 0 aromatic rings. The first-order chi connectivity index (χ1) is 23.4. The van der Waals surface area contributed by atoms with E-state index < -0.39 is 51.6 Å². The Morgan fingerprint density at radius 3 is 2.10 bits per heavy atom. The number of nitrogens with zero attached hydrogens (tertiary/aromatic N) is 2. The third kappa shape index (κ3) is 13.4. The Labute approximate surface area is 295 Å². The summed E-state index contributed by atoms with van der Waals surface area (Å²) in [6.45, 7) is 9.43. The number of carbonyl (C=O) groups excluding carboxylic acids is 2. The molecule has 9 nitrogen and oxygen atoms in total. The smallest absolute Gasteiger partial charge is 0.227 e. The average molecular weight is 715 g/mol. The number of aliphatic hydroxyl groups is 1. The molecule has 3 fully saturated rings. The molecule has 282 valence electrons. The predicted octanol–water partition coefficient (Wildman–Crippen LogP) is 5.67. The third-order valence-electron chi connectivity index (χ3n) is 10.6. The topological polar surface area (TPSA) is 119 Å². The molecule has 0 spiro atoms. The molecule has 12 heteroatoms. The van der Waals surface area contributed by atoms with Gasteiger partial charge in [-0.05, 0) is 83.5 Å². The van der Waals surface area contributed by atoms with Crippen LogP contribution in [0.25, 0.3) is 0 Å². The summed E-state index contributed by atoms with van der Waals surface area (Å²) in [5.41, 5.74) is 0. The van der Waals surface area contributed by atoms with Gasteiger partial charge in [0, 0.05) is 50.4 Å². The van der Waals surface area contributed by atoms with E-state index in [2.05, 4.69) is 22.0 Å². The van der Waals surface area contributed by atoms with E-state index >= 15 is 0 Å². The molecule has 0 saturated heterocycles. The number of hydrazine groups is 1. The summed E-state index contributed by atoms with van der Waals surface area (Å²) in [6, 6.07) is -0.859. The number of hydrogen-bond acceptors (Lipinski definition) is 6. The largest absolute Gasteiger partial charge is 0.390 e. The molecule has 3 N–H and O–H groups in total. The van der Waals surface area contributed by atoms with Crippen LogP contribution >= 0.6 is 0 Å². The second kappa shape index (κ2) is 20.9. The highest BCUT2D eigenvalue weighted by Gasteiger charge is 2.40. The van der Waals surface area contributed by atoms with E-state index in [1.165, 1.54) is 5.01 Å². The van der Waals surface area contributed by atoms with E-state index in [0.717, 1.165) is 38.5 Å². The van der Waals surface area contributed by atoms with E-state index in [9.17, 15) is 31.9 Å². The van der Waals surface area contributed by atoms with Gasteiger partial charge in [-0.15, -0.1) is 16.7 Å². The van der Waals surface area contributed by atoms with Crippen LogP contribution < -0.4 is 10.1 Å². The Bertz CT molecular complexity index is 1170. The lowest BCUT2D eigenvalue weighted by molar-refractivity contribution is -0.139. The van der Waals surface area contributed by atoms with Crippen molar-refractivity contribution in [2.24, 2.45) is 23.7 Å². The van der Waals surface area contributed by atoms with Gasteiger partial charge in [-0.2, -0.15) is 0 Å². The minimum absolute atomic E-state index is 0.0442. The number of hydrogen-bond donors (Lipinski definition) is 3. The normalized spacial score (nSPS) is 27.9. The molecule has 0 heterocycles. The summed E-state index contributed by atoms with van der Waals surface area (Å²) in [7, 11) is -3.68. The number of amides is 2. The van der Waals surface area contributed by atoms with E-state index in [0.29, 0.717) is 58.2 Å². The van der Waals surface area contributed by atoms with Crippen LogP contribution in [-0.4, -0.2) is 91.2 Å². The summed E-state index contributed by atoms with van der Waals surface area (Å²) in [5, 5.41) is 15.8. The van der Waals surface area contributed by atoms with E-state index in [1.807, 2.05) is 25.7 Å². The van der Waals surface area contributed by atoms with Crippen LogP contribution in [0.2, 0.25) is 0 Å². The number of nitrogens with one attached hydrogen (secondary N) is 2. The molecule has 3 saturated carbocycles. The van der Waals surface area contributed by atoms with Gasteiger partial charge in [0.05, 0.1) is 17.4 Å². The summed E-state index contributed by atoms with van der Waals surface area (Å²) < 4.78 is 55.7. The van der Waals surface area contributed by atoms with Gasteiger partial charge in [-0.1, -0.05) is 46.5 Å². The molecule has 0 aromatic carbocycles. The molecule has 3 rings (SSSR count). The van der Waals surface area contributed by atoms with Gasteiger partial charge in [-0.3, -0.25) is 9.59 Å².